The van der Waals surface area contributed by atoms with Gasteiger partial charge in [0, 0.05) is 20.3 Å². The predicted octanol–water partition coefficient (Wildman–Crippen LogP) is 1.90. The van der Waals surface area contributed by atoms with Crippen LogP contribution in [0.5, 0.6) is 0 Å². The Morgan fingerprint density at radius 2 is 2.21 bits per heavy atom. The van der Waals surface area contributed by atoms with E-state index in [1.165, 1.54) is 0 Å². The van der Waals surface area contributed by atoms with E-state index in [4.69, 9.17) is 0 Å². The van der Waals surface area contributed by atoms with E-state index in [-0.39, 0.29) is 5.91 Å². The third-order valence-electron chi connectivity index (χ3n) is 1.68. The molecule has 1 rings (SSSR count). The first-order valence-electron chi connectivity index (χ1n) is 4.45. The number of aromatic nitrogens is 1. The third kappa shape index (κ3) is 2.73. The predicted molar refractivity (Wildman–Crippen MR) is 58.7 cm³/mol. The maximum atomic E-state index is 11.5. The molecule has 3 nitrogen and oxygen atoms in total. The van der Waals surface area contributed by atoms with E-state index < -0.39 is 0 Å². The normalized spacial score (nSPS) is 9.93. The molecule has 1 aromatic heterocycles. The summed E-state index contributed by atoms with van der Waals surface area (Å²) in [4.78, 5) is 17.2. The summed E-state index contributed by atoms with van der Waals surface area (Å²) in [6.45, 7) is 2.07. The van der Waals surface area contributed by atoms with Gasteiger partial charge in [0.2, 0.25) is 0 Å². The summed E-state index contributed by atoms with van der Waals surface area (Å²) in [7, 11) is 3.47. The van der Waals surface area contributed by atoms with Crippen LogP contribution in [0.1, 0.15) is 17.3 Å². The molecular weight excluding hydrogens is 196 g/mol. The molecule has 0 fully saturated rings. The summed E-state index contributed by atoms with van der Waals surface area (Å²) in [5.74, 6) is 0.985. The van der Waals surface area contributed by atoms with E-state index in [1.54, 1.807) is 37.0 Å². The lowest BCUT2D eigenvalue weighted by molar-refractivity contribution is 0.0827. The van der Waals surface area contributed by atoms with Crippen LogP contribution in [0.3, 0.4) is 0 Å². The Balaban J connectivity index is 2.78. The third-order valence-corrected chi connectivity index (χ3v) is 2.51. The molecule has 0 saturated carbocycles. The molecule has 4 heteroatoms. The van der Waals surface area contributed by atoms with Gasteiger partial charge in [-0.15, -0.1) is 11.8 Å². The second-order valence-corrected chi connectivity index (χ2v) is 4.30. The molecule has 1 aromatic rings. The molecule has 76 valence electrons. The Kier molecular flexibility index (Phi) is 3.95. The van der Waals surface area contributed by atoms with Gasteiger partial charge in [-0.3, -0.25) is 4.79 Å². The van der Waals surface area contributed by atoms with Gasteiger partial charge < -0.3 is 4.90 Å². The van der Waals surface area contributed by atoms with Gasteiger partial charge in [0.1, 0.15) is 0 Å². The zero-order chi connectivity index (χ0) is 10.6. The molecule has 0 aliphatic heterocycles. The van der Waals surface area contributed by atoms with Gasteiger partial charge in [0.15, 0.2) is 0 Å². The Hall–Kier alpha value is -1.03. The van der Waals surface area contributed by atoms with Crippen LogP contribution in [0.2, 0.25) is 0 Å². The Bertz CT molecular complexity index is 308. The molecule has 0 unspecified atom stereocenters. The molecule has 0 saturated heterocycles. The molecule has 0 bridgehead atoms. The van der Waals surface area contributed by atoms with E-state index in [1.807, 2.05) is 12.1 Å². The maximum Gasteiger partial charge on any atom is 0.254 e. The number of carbonyl (C=O) groups excluding carboxylic acids is 1. The van der Waals surface area contributed by atoms with E-state index in [0.29, 0.717) is 5.56 Å². The average molecular weight is 210 g/mol. The van der Waals surface area contributed by atoms with Crippen molar-refractivity contribution in [3.05, 3.63) is 23.9 Å². The molecule has 0 atom stereocenters. The minimum atomic E-state index is -0.00875. The first-order valence-corrected chi connectivity index (χ1v) is 5.44. The molecule has 14 heavy (non-hydrogen) atoms. The van der Waals surface area contributed by atoms with E-state index in [0.717, 1.165) is 10.8 Å². The van der Waals surface area contributed by atoms with Crippen molar-refractivity contribution in [2.24, 2.45) is 0 Å². The monoisotopic (exact) mass is 210 g/mol. The lowest BCUT2D eigenvalue weighted by Crippen LogP contribution is -2.21. The van der Waals surface area contributed by atoms with Crippen molar-refractivity contribution in [3.8, 4) is 0 Å². The number of carbonyl (C=O) groups is 1. The second-order valence-electron chi connectivity index (χ2n) is 3.02. The van der Waals surface area contributed by atoms with E-state index in [9.17, 15) is 4.79 Å². The van der Waals surface area contributed by atoms with Crippen molar-refractivity contribution < 1.29 is 4.79 Å². The topological polar surface area (TPSA) is 33.2 Å². The summed E-state index contributed by atoms with van der Waals surface area (Å²) in [6, 6.07) is 3.69. The molecule has 1 heterocycles. The highest BCUT2D eigenvalue weighted by Gasteiger charge is 2.07. The van der Waals surface area contributed by atoms with Crippen LogP contribution in [0.15, 0.2) is 23.4 Å². The first-order chi connectivity index (χ1) is 6.65. The molecule has 0 radical (unpaired) electrons. The van der Waals surface area contributed by atoms with Gasteiger partial charge in [0.05, 0.1) is 10.6 Å². The van der Waals surface area contributed by atoms with Gasteiger partial charge in [0.25, 0.3) is 5.91 Å². The number of nitrogens with zero attached hydrogens (tertiary/aromatic N) is 2. The largest absolute Gasteiger partial charge is 0.345 e. The van der Waals surface area contributed by atoms with Crippen molar-refractivity contribution >= 4 is 17.7 Å². The van der Waals surface area contributed by atoms with Crippen LogP contribution < -0.4 is 0 Å². The number of rotatable bonds is 3. The Morgan fingerprint density at radius 1 is 1.50 bits per heavy atom. The van der Waals surface area contributed by atoms with E-state index in [2.05, 4.69) is 11.9 Å². The van der Waals surface area contributed by atoms with Gasteiger partial charge >= 0.3 is 0 Å². The lowest BCUT2D eigenvalue weighted by atomic mass is 10.2. The summed E-state index contributed by atoms with van der Waals surface area (Å²) in [5.41, 5.74) is 0.635. The van der Waals surface area contributed by atoms with Crippen LogP contribution in [0.25, 0.3) is 0 Å². The minimum absolute atomic E-state index is 0.00875. The van der Waals surface area contributed by atoms with Crippen molar-refractivity contribution in [1.82, 2.24) is 9.88 Å². The van der Waals surface area contributed by atoms with Gasteiger partial charge in [-0.25, -0.2) is 4.98 Å². The van der Waals surface area contributed by atoms with Crippen molar-refractivity contribution in [2.45, 2.75) is 11.9 Å². The van der Waals surface area contributed by atoms with Crippen molar-refractivity contribution in [3.63, 3.8) is 0 Å². The van der Waals surface area contributed by atoms with E-state index >= 15 is 0 Å². The quantitative estimate of drug-likeness (QED) is 0.714. The number of pyridine rings is 1. The smallest absolute Gasteiger partial charge is 0.254 e. The van der Waals surface area contributed by atoms with Crippen LogP contribution in [0, 0.1) is 0 Å². The average Bonchev–Trinajstić information content (AvgIpc) is 2.18. The number of hydrogen-bond acceptors (Lipinski definition) is 3. The number of amides is 1. The number of hydrogen-bond donors (Lipinski definition) is 0. The maximum absolute atomic E-state index is 11.5. The SMILES string of the molecule is CCSc1ccc(C(=O)N(C)C)cn1. The van der Waals surface area contributed by atoms with Gasteiger partial charge in [-0.2, -0.15) is 0 Å². The Labute approximate surface area is 88.5 Å². The van der Waals surface area contributed by atoms with Gasteiger partial charge in [-0.05, 0) is 17.9 Å². The zero-order valence-corrected chi connectivity index (χ0v) is 9.47. The lowest BCUT2D eigenvalue weighted by Gasteiger charge is -2.09. The fraction of sp³-hybridized carbons (Fsp3) is 0.400. The fourth-order valence-corrected chi connectivity index (χ4v) is 1.59. The number of thioether (sulfide) groups is 1. The van der Waals surface area contributed by atoms with Crippen LogP contribution in [-0.4, -0.2) is 35.6 Å². The van der Waals surface area contributed by atoms with Crippen molar-refractivity contribution in [2.75, 3.05) is 19.8 Å². The molecule has 0 aliphatic rings. The van der Waals surface area contributed by atoms with Crippen molar-refractivity contribution in [1.29, 1.82) is 0 Å². The summed E-state index contributed by atoms with van der Waals surface area (Å²) in [6.07, 6.45) is 1.63. The van der Waals surface area contributed by atoms with Crippen LogP contribution >= 0.6 is 11.8 Å². The summed E-state index contributed by atoms with van der Waals surface area (Å²) >= 11 is 1.67. The zero-order valence-electron chi connectivity index (χ0n) is 8.65. The van der Waals surface area contributed by atoms with Gasteiger partial charge in [-0.1, -0.05) is 6.92 Å². The fourth-order valence-electron chi connectivity index (χ4n) is 0.998. The standard InChI is InChI=1S/C10H14N2OS/c1-4-14-9-6-5-8(7-11-9)10(13)12(2)3/h5-7H,4H2,1-3H3. The molecule has 0 aromatic carbocycles. The summed E-state index contributed by atoms with van der Waals surface area (Å²) in [5, 5.41) is 0.961. The van der Waals surface area contributed by atoms with Crippen LogP contribution in [-0.2, 0) is 0 Å². The molecular formula is C10H14N2OS. The minimum Gasteiger partial charge on any atom is -0.345 e. The first kappa shape index (κ1) is 11.0. The molecule has 1 amide bonds. The molecule has 0 N–H and O–H groups in total. The summed E-state index contributed by atoms with van der Waals surface area (Å²) < 4.78 is 0. The second kappa shape index (κ2) is 5.00. The van der Waals surface area contributed by atoms with Crippen LogP contribution in [0.4, 0.5) is 0 Å². The highest BCUT2D eigenvalue weighted by molar-refractivity contribution is 7.99. The molecule has 0 spiro atoms. The molecule has 0 aliphatic carbocycles. The highest BCUT2D eigenvalue weighted by Crippen LogP contribution is 2.14. The Morgan fingerprint density at radius 3 is 2.64 bits per heavy atom. The highest BCUT2D eigenvalue weighted by atomic mass is 32.2.